The van der Waals surface area contributed by atoms with Crippen LogP contribution >= 0.6 is 0 Å². The number of nitrogens with zero attached hydrogens (tertiary/aromatic N) is 2. The zero-order chi connectivity index (χ0) is 27.4. The summed E-state index contributed by atoms with van der Waals surface area (Å²) in [5.74, 6) is -3.84. The molecule has 2 N–H and O–H groups in total. The van der Waals surface area contributed by atoms with E-state index in [9.17, 15) is 24.6 Å². The van der Waals surface area contributed by atoms with Gasteiger partial charge in [0.25, 0.3) is 0 Å². The van der Waals surface area contributed by atoms with E-state index in [1.165, 1.54) is 4.90 Å². The minimum Gasteiger partial charge on any atom is -0.481 e. The van der Waals surface area contributed by atoms with Crippen molar-refractivity contribution in [1.82, 2.24) is 9.80 Å². The van der Waals surface area contributed by atoms with Crippen LogP contribution in [-0.2, 0) is 19.1 Å². The van der Waals surface area contributed by atoms with Crippen LogP contribution in [-0.4, -0.2) is 79.8 Å². The van der Waals surface area contributed by atoms with Gasteiger partial charge < -0.3 is 24.7 Å². The number of hydrogen-bond donors (Lipinski definition) is 2. The van der Waals surface area contributed by atoms with Gasteiger partial charge in [-0.3, -0.25) is 14.4 Å². The van der Waals surface area contributed by atoms with Crippen LogP contribution in [0.1, 0.15) is 81.1 Å². The van der Waals surface area contributed by atoms with Gasteiger partial charge >= 0.3 is 5.97 Å². The second-order valence-electron chi connectivity index (χ2n) is 13.2. The van der Waals surface area contributed by atoms with Crippen molar-refractivity contribution in [3.63, 3.8) is 0 Å². The predicted octanol–water partition coefficient (Wildman–Crippen LogP) is 3.47. The van der Waals surface area contributed by atoms with Crippen molar-refractivity contribution in [2.24, 2.45) is 23.2 Å². The molecule has 2 bridgehead atoms. The fraction of sp³-hybridized carbons (Fsp3) is 0.821. The van der Waals surface area contributed by atoms with E-state index in [-0.39, 0.29) is 30.4 Å². The Balaban J connectivity index is 2.20. The van der Waals surface area contributed by atoms with Crippen molar-refractivity contribution in [2.75, 3.05) is 13.2 Å². The van der Waals surface area contributed by atoms with Gasteiger partial charge in [-0.1, -0.05) is 47.6 Å². The minimum atomic E-state index is -1.23. The Hall–Kier alpha value is -1.93. The number of likely N-dealkylation sites (tertiary alicyclic amines) is 1. The van der Waals surface area contributed by atoms with Crippen LogP contribution in [0.25, 0.3) is 0 Å². The Kier molecular flexibility index (Phi) is 7.50. The average molecular weight is 507 g/mol. The predicted molar refractivity (Wildman–Crippen MR) is 137 cm³/mol. The van der Waals surface area contributed by atoms with Gasteiger partial charge in [0.05, 0.1) is 24.2 Å². The van der Waals surface area contributed by atoms with E-state index in [2.05, 4.69) is 27.4 Å². The first-order valence-electron chi connectivity index (χ1n) is 13.3. The summed E-state index contributed by atoms with van der Waals surface area (Å²) in [4.78, 5) is 44.5. The molecule has 8 heteroatoms. The third-order valence-electron chi connectivity index (χ3n) is 8.70. The zero-order valence-corrected chi connectivity index (χ0v) is 23.3. The maximum absolute atomic E-state index is 14.6. The number of carboxylic acids is 1. The second kappa shape index (κ2) is 9.43. The quantitative estimate of drug-likeness (QED) is 0.440. The van der Waals surface area contributed by atoms with Crippen molar-refractivity contribution in [2.45, 2.75) is 110 Å². The zero-order valence-electron chi connectivity index (χ0n) is 23.3. The van der Waals surface area contributed by atoms with E-state index in [4.69, 9.17) is 4.74 Å². The largest absolute Gasteiger partial charge is 0.481 e. The van der Waals surface area contributed by atoms with Crippen LogP contribution in [0.5, 0.6) is 0 Å². The molecule has 3 fully saturated rings. The van der Waals surface area contributed by atoms with E-state index in [0.29, 0.717) is 25.7 Å². The molecule has 204 valence electrons. The van der Waals surface area contributed by atoms with Crippen LogP contribution < -0.4 is 0 Å². The first kappa shape index (κ1) is 28.6. The summed E-state index contributed by atoms with van der Waals surface area (Å²) in [7, 11) is 0. The molecule has 3 aliphatic heterocycles. The number of amides is 2. The topological polar surface area (TPSA) is 107 Å². The molecule has 0 aromatic carbocycles. The molecule has 2 amide bonds. The third kappa shape index (κ3) is 4.28. The van der Waals surface area contributed by atoms with Gasteiger partial charge in [0.1, 0.15) is 17.6 Å². The van der Waals surface area contributed by atoms with Crippen molar-refractivity contribution in [1.29, 1.82) is 0 Å². The molecule has 0 aromatic heterocycles. The highest BCUT2D eigenvalue weighted by Gasteiger charge is 2.79. The normalized spacial score (nSPS) is 32.7. The molecule has 36 heavy (non-hydrogen) atoms. The highest BCUT2D eigenvalue weighted by Crippen LogP contribution is 2.65. The highest BCUT2D eigenvalue weighted by atomic mass is 16.5. The molecule has 0 saturated carbocycles. The van der Waals surface area contributed by atoms with Gasteiger partial charge in [0.15, 0.2) is 0 Å². The molecule has 3 rings (SSSR count). The molecule has 3 saturated heterocycles. The highest BCUT2D eigenvalue weighted by molar-refractivity contribution is 5.98. The van der Waals surface area contributed by atoms with Crippen LogP contribution in [0.4, 0.5) is 0 Å². The lowest BCUT2D eigenvalue weighted by molar-refractivity contribution is -0.163. The summed E-state index contributed by atoms with van der Waals surface area (Å²) < 4.78 is 6.65. The van der Waals surface area contributed by atoms with E-state index >= 15 is 0 Å². The first-order chi connectivity index (χ1) is 16.5. The number of carboxylic acid groups (broad SMARTS) is 1. The van der Waals surface area contributed by atoms with Gasteiger partial charge in [0.2, 0.25) is 11.8 Å². The molecule has 1 spiro atoms. The fourth-order valence-electron chi connectivity index (χ4n) is 7.59. The van der Waals surface area contributed by atoms with Gasteiger partial charge in [0, 0.05) is 12.1 Å². The molecular weight excluding hydrogens is 460 g/mol. The Morgan fingerprint density at radius 2 is 1.86 bits per heavy atom. The van der Waals surface area contributed by atoms with Crippen LogP contribution in [0.2, 0.25) is 0 Å². The minimum absolute atomic E-state index is 0.0657. The number of carbonyl (C=O) groups excluding carboxylic acids is 2. The summed E-state index contributed by atoms with van der Waals surface area (Å²) in [5.41, 5.74) is -2.82. The molecule has 3 heterocycles. The van der Waals surface area contributed by atoms with Crippen molar-refractivity contribution in [3.8, 4) is 0 Å². The van der Waals surface area contributed by atoms with E-state index in [0.717, 1.165) is 0 Å². The molecule has 8 nitrogen and oxygen atoms in total. The van der Waals surface area contributed by atoms with Gasteiger partial charge in [-0.05, 0) is 50.9 Å². The number of aliphatic carboxylic acids is 1. The molecule has 6 atom stereocenters. The number of rotatable bonds is 10. The van der Waals surface area contributed by atoms with Gasteiger partial charge in [-0.2, -0.15) is 0 Å². The molecule has 2 unspecified atom stereocenters. The van der Waals surface area contributed by atoms with Crippen molar-refractivity contribution in [3.05, 3.63) is 12.7 Å². The van der Waals surface area contributed by atoms with Crippen molar-refractivity contribution < 1.29 is 29.3 Å². The monoisotopic (exact) mass is 506 g/mol. The Bertz CT molecular complexity index is 908. The van der Waals surface area contributed by atoms with Crippen LogP contribution in [0.15, 0.2) is 12.7 Å². The number of fused-ring (bicyclic) bond motifs is 1. The lowest BCUT2D eigenvalue weighted by Gasteiger charge is -2.47. The van der Waals surface area contributed by atoms with Crippen molar-refractivity contribution >= 4 is 17.8 Å². The number of aliphatic hydroxyl groups is 1. The van der Waals surface area contributed by atoms with Gasteiger partial charge in [-0.25, -0.2) is 0 Å². The molecule has 0 radical (unpaired) electrons. The van der Waals surface area contributed by atoms with Crippen LogP contribution in [0, 0.1) is 23.2 Å². The fourth-order valence-corrected chi connectivity index (χ4v) is 7.59. The Morgan fingerprint density at radius 3 is 2.31 bits per heavy atom. The Morgan fingerprint density at radius 1 is 1.25 bits per heavy atom. The standard InChI is InChI=1S/C28H46N2O6/c1-10-14-29(26(8,9)16-25(5,6)7)23(33)21-28-13-12-27(11-2,36-28)20(24(34)35)19(28)22(32)30(21)18(15-31)17(3)4/h10,17-21,31H,1,11-16H2,2-9H3,(H,34,35)/t18-,19-,20-,21?,27+,28?/m0/s1. The summed E-state index contributed by atoms with van der Waals surface area (Å²) in [5, 5.41) is 20.6. The lowest BCUT2D eigenvalue weighted by Crippen LogP contribution is -2.63. The number of carbonyl (C=O) groups is 3. The first-order valence-corrected chi connectivity index (χ1v) is 13.3. The Labute approximate surface area is 216 Å². The molecule has 0 aliphatic carbocycles. The SMILES string of the molecule is C=CCN(C(=O)C1N([C@@H](CO)C(C)C)C(=O)[C@@H]2[C@@H](C(=O)O)[C@@]3(CC)CCC12O3)C(C)(C)CC(C)(C)C. The maximum Gasteiger partial charge on any atom is 0.310 e. The van der Waals surface area contributed by atoms with E-state index in [1.807, 2.05) is 34.6 Å². The average Bonchev–Trinajstić information content (AvgIpc) is 3.34. The summed E-state index contributed by atoms with van der Waals surface area (Å²) in [6, 6.07) is -1.64. The summed E-state index contributed by atoms with van der Waals surface area (Å²) in [6.45, 7) is 19.9. The van der Waals surface area contributed by atoms with E-state index in [1.54, 1.807) is 11.0 Å². The van der Waals surface area contributed by atoms with Gasteiger partial charge in [-0.15, -0.1) is 6.58 Å². The lowest BCUT2D eigenvalue weighted by atomic mass is 9.65. The smallest absolute Gasteiger partial charge is 0.310 e. The number of ether oxygens (including phenoxy) is 1. The molecular formula is C28H46N2O6. The molecule has 3 aliphatic rings. The van der Waals surface area contributed by atoms with Crippen LogP contribution in [0.3, 0.4) is 0 Å². The summed E-state index contributed by atoms with van der Waals surface area (Å²) in [6.07, 6.45) is 3.77. The summed E-state index contributed by atoms with van der Waals surface area (Å²) >= 11 is 0. The molecule has 0 aromatic rings. The third-order valence-corrected chi connectivity index (χ3v) is 8.70. The number of hydrogen-bond acceptors (Lipinski definition) is 5. The maximum atomic E-state index is 14.6. The van der Waals surface area contributed by atoms with E-state index < -0.39 is 52.5 Å². The number of aliphatic hydroxyl groups excluding tert-OH is 1. The second-order valence-corrected chi connectivity index (χ2v) is 13.2.